The van der Waals surface area contributed by atoms with Gasteiger partial charge >= 0.3 is 18.3 Å². The lowest BCUT2D eigenvalue weighted by Gasteiger charge is -2.13. The average Bonchev–Trinajstić information content (AvgIpc) is 3.25. The largest absolute Gasteiger partial charge is 0.462 e. The Labute approximate surface area is 196 Å². The molecule has 0 aliphatic carbocycles. The first-order valence-electron chi connectivity index (χ1n) is 10.3. The van der Waals surface area contributed by atoms with Crippen molar-refractivity contribution < 1.29 is 35.9 Å². The summed E-state index contributed by atoms with van der Waals surface area (Å²) in [6, 6.07) is 4.16. The van der Waals surface area contributed by atoms with E-state index in [-0.39, 0.29) is 24.1 Å². The van der Waals surface area contributed by atoms with Crippen LogP contribution in [0.4, 0.5) is 26.3 Å². The molecule has 0 atom stereocenters. The monoisotopic (exact) mass is 498 g/mol. The third kappa shape index (κ3) is 6.90. The SMILES string of the molecule is CC(C)CCOC(=O)/C(=C/n1cnc(-c2cc(C(F)(F)F)cc(C(F)(F)F)c2)n1)c1ccncc1. The first-order chi connectivity index (χ1) is 16.3. The highest BCUT2D eigenvalue weighted by molar-refractivity contribution is 6.20. The number of hydrogen-bond donors (Lipinski definition) is 0. The average molecular weight is 498 g/mol. The molecular formula is C23H20F6N4O2. The van der Waals surface area contributed by atoms with Crippen LogP contribution >= 0.6 is 0 Å². The number of benzene rings is 1. The fourth-order valence-electron chi connectivity index (χ4n) is 2.93. The first-order valence-corrected chi connectivity index (χ1v) is 10.3. The van der Waals surface area contributed by atoms with Crippen molar-refractivity contribution in [3.05, 3.63) is 65.7 Å². The van der Waals surface area contributed by atoms with Crippen LogP contribution in [0.25, 0.3) is 23.2 Å². The van der Waals surface area contributed by atoms with E-state index in [4.69, 9.17) is 4.74 Å². The summed E-state index contributed by atoms with van der Waals surface area (Å²) in [5.74, 6) is -0.782. The number of ether oxygens (including phenoxy) is 1. The molecule has 12 heteroatoms. The fraction of sp³-hybridized carbons (Fsp3) is 0.304. The van der Waals surface area contributed by atoms with Gasteiger partial charge in [-0.25, -0.2) is 14.5 Å². The molecule has 6 nitrogen and oxygen atoms in total. The van der Waals surface area contributed by atoms with Crippen molar-refractivity contribution >= 4 is 17.7 Å². The molecule has 0 amide bonds. The van der Waals surface area contributed by atoms with E-state index in [0.29, 0.717) is 30.0 Å². The topological polar surface area (TPSA) is 69.9 Å². The Bertz CT molecular complexity index is 1170. The third-order valence-corrected chi connectivity index (χ3v) is 4.76. The zero-order valence-electron chi connectivity index (χ0n) is 18.6. The van der Waals surface area contributed by atoms with Gasteiger partial charge in [-0.1, -0.05) is 13.8 Å². The van der Waals surface area contributed by atoms with Crippen LogP contribution in [0.1, 0.15) is 37.0 Å². The van der Waals surface area contributed by atoms with Gasteiger partial charge in [0.05, 0.1) is 23.3 Å². The summed E-state index contributed by atoms with van der Waals surface area (Å²) >= 11 is 0. The third-order valence-electron chi connectivity index (χ3n) is 4.76. The second kappa shape index (κ2) is 10.3. The van der Waals surface area contributed by atoms with Crippen molar-refractivity contribution in [2.24, 2.45) is 5.92 Å². The molecule has 0 spiro atoms. The molecule has 0 N–H and O–H groups in total. The van der Waals surface area contributed by atoms with Crippen LogP contribution in [0.5, 0.6) is 0 Å². The summed E-state index contributed by atoms with van der Waals surface area (Å²) in [4.78, 5) is 20.4. The lowest BCUT2D eigenvalue weighted by Crippen LogP contribution is -2.11. The molecule has 0 fully saturated rings. The number of nitrogens with zero attached hydrogens (tertiary/aromatic N) is 4. The van der Waals surface area contributed by atoms with Gasteiger partial charge in [-0.15, -0.1) is 5.10 Å². The van der Waals surface area contributed by atoms with Crippen molar-refractivity contribution in [1.29, 1.82) is 0 Å². The number of rotatable bonds is 7. The Morgan fingerprint density at radius 1 is 1.03 bits per heavy atom. The van der Waals surface area contributed by atoms with Gasteiger partial charge in [-0.3, -0.25) is 4.98 Å². The summed E-state index contributed by atoms with van der Waals surface area (Å²) in [7, 11) is 0. The van der Waals surface area contributed by atoms with E-state index >= 15 is 0 Å². The van der Waals surface area contributed by atoms with Crippen molar-refractivity contribution in [3.8, 4) is 11.4 Å². The minimum atomic E-state index is -5.01. The van der Waals surface area contributed by atoms with Crippen LogP contribution in [-0.4, -0.2) is 32.3 Å². The number of hydrogen-bond acceptors (Lipinski definition) is 5. The Morgan fingerprint density at radius 2 is 1.63 bits per heavy atom. The van der Waals surface area contributed by atoms with Crippen LogP contribution < -0.4 is 0 Å². The van der Waals surface area contributed by atoms with Crippen LogP contribution in [0.3, 0.4) is 0 Å². The number of carbonyl (C=O) groups excluding carboxylic acids is 1. The maximum absolute atomic E-state index is 13.2. The van der Waals surface area contributed by atoms with Gasteiger partial charge in [-0.05, 0) is 48.2 Å². The van der Waals surface area contributed by atoms with Crippen LogP contribution in [0, 0.1) is 5.92 Å². The van der Waals surface area contributed by atoms with E-state index < -0.39 is 35.0 Å². The molecule has 186 valence electrons. The summed E-state index contributed by atoms with van der Waals surface area (Å²) in [5, 5.41) is 3.95. The molecule has 2 aromatic heterocycles. The first kappa shape index (κ1) is 25.9. The molecule has 0 saturated carbocycles. The highest BCUT2D eigenvalue weighted by Gasteiger charge is 2.37. The molecule has 0 radical (unpaired) electrons. The summed E-state index contributed by atoms with van der Waals surface area (Å²) < 4.78 is 85.4. The van der Waals surface area contributed by atoms with Crippen molar-refractivity contribution in [3.63, 3.8) is 0 Å². The molecule has 0 bridgehead atoms. The molecule has 2 heterocycles. The molecule has 0 aliphatic heterocycles. The van der Waals surface area contributed by atoms with E-state index in [1.165, 1.54) is 30.7 Å². The molecule has 0 aliphatic rings. The summed E-state index contributed by atoms with van der Waals surface area (Å²) in [5.41, 5.74) is -2.98. The van der Waals surface area contributed by atoms with E-state index in [9.17, 15) is 31.1 Å². The number of halogens is 6. The number of pyridine rings is 1. The highest BCUT2D eigenvalue weighted by atomic mass is 19.4. The van der Waals surface area contributed by atoms with Crippen molar-refractivity contribution in [1.82, 2.24) is 19.7 Å². The zero-order chi connectivity index (χ0) is 25.8. The highest BCUT2D eigenvalue weighted by Crippen LogP contribution is 2.38. The molecule has 1 aromatic carbocycles. The minimum Gasteiger partial charge on any atom is -0.462 e. The zero-order valence-corrected chi connectivity index (χ0v) is 18.6. The van der Waals surface area contributed by atoms with Gasteiger partial charge in [0.15, 0.2) is 5.82 Å². The van der Waals surface area contributed by atoms with Gasteiger partial charge in [0.25, 0.3) is 0 Å². The predicted octanol–water partition coefficient (Wildman–Crippen LogP) is 5.97. The van der Waals surface area contributed by atoms with Gasteiger partial charge in [0.2, 0.25) is 0 Å². The normalized spacial score (nSPS) is 12.8. The fourth-order valence-corrected chi connectivity index (χ4v) is 2.93. The number of alkyl halides is 6. The van der Waals surface area contributed by atoms with Gasteiger partial charge in [0, 0.05) is 24.2 Å². The Balaban J connectivity index is 2.00. The van der Waals surface area contributed by atoms with E-state index in [0.717, 1.165) is 11.0 Å². The van der Waals surface area contributed by atoms with Gasteiger partial charge in [0.1, 0.15) is 6.33 Å². The molecule has 35 heavy (non-hydrogen) atoms. The van der Waals surface area contributed by atoms with Crippen molar-refractivity contribution in [2.75, 3.05) is 6.61 Å². The second-order valence-electron chi connectivity index (χ2n) is 7.94. The second-order valence-corrected chi connectivity index (χ2v) is 7.94. The molecule has 0 saturated heterocycles. The van der Waals surface area contributed by atoms with E-state index in [1.54, 1.807) is 0 Å². The number of esters is 1. The quantitative estimate of drug-likeness (QED) is 0.228. The molecular weight excluding hydrogens is 478 g/mol. The van der Waals surface area contributed by atoms with E-state index in [2.05, 4.69) is 15.1 Å². The Morgan fingerprint density at radius 3 is 2.17 bits per heavy atom. The van der Waals surface area contributed by atoms with Crippen molar-refractivity contribution in [2.45, 2.75) is 32.6 Å². The van der Waals surface area contributed by atoms with Crippen LogP contribution in [-0.2, 0) is 21.9 Å². The van der Waals surface area contributed by atoms with Gasteiger partial charge in [-0.2, -0.15) is 26.3 Å². The number of carbonyl (C=O) groups is 1. The lowest BCUT2D eigenvalue weighted by atomic mass is 10.0. The lowest BCUT2D eigenvalue weighted by molar-refractivity contribution is -0.143. The molecule has 0 unspecified atom stereocenters. The number of aromatic nitrogens is 4. The Hall–Kier alpha value is -3.70. The maximum atomic E-state index is 13.2. The van der Waals surface area contributed by atoms with Crippen LogP contribution in [0.15, 0.2) is 49.1 Å². The molecule has 3 aromatic rings. The standard InChI is InChI=1S/C23H20F6N4O2/c1-14(2)5-8-35-21(34)19(15-3-6-30-7-4-15)12-33-13-31-20(32-33)16-9-17(22(24,25)26)11-18(10-16)23(27,28)29/h3-4,6-7,9-14H,5,8H2,1-2H3/b19-12+. The van der Waals surface area contributed by atoms with Gasteiger partial charge < -0.3 is 4.74 Å². The summed E-state index contributed by atoms with van der Waals surface area (Å²) in [6.07, 6.45) is -4.22. The Kier molecular flexibility index (Phi) is 7.61. The van der Waals surface area contributed by atoms with Crippen LogP contribution in [0.2, 0.25) is 0 Å². The maximum Gasteiger partial charge on any atom is 0.416 e. The predicted molar refractivity (Wildman–Crippen MR) is 114 cm³/mol. The smallest absolute Gasteiger partial charge is 0.416 e. The summed E-state index contributed by atoms with van der Waals surface area (Å²) in [6.45, 7) is 4.08. The minimum absolute atomic E-state index is 0.0229. The molecule has 3 rings (SSSR count). The van der Waals surface area contributed by atoms with E-state index in [1.807, 2.05) is 13.8 Å².